The van der Waals surface area contributed by atoms with E-state index in [1.54, 1.807) is 11.9 Å². The Morgan fingerprint density at radius 2 is 2.07 bits per heavy atom. The van der Waals surface area contributed by atoms with Gasteiger partial charge in [-0.1, -0.05) is 6.07 Å². The number of rotatable bonds is 2. The van der Waals surface area contributed by atoms with E-state index in [0.29, 0.717) is 0 Å². The standard InChI is InChI=1S/C16H16F3N5O2S/c1-22-12(25)7-9(13(22)10-3-2-6-27-10)14(26)23-4-5-24-11(8-23)20-21-15(24)16(17,18)19/h2-3,6,9,13H,4-5,7-8H2,1H3. The second-order valence-electron chi connectivity index (χ2n) is 6.62. The van der Waals surface area contributed by atoms with Crippen LogP contribution in [0.1, 0.15) is 29.0 Å². The largest absolute Gasteiger partial charge is 0.451 e. The molecule has 4 rings (SSSR count). The van der Waals surface area contributed by atoms with Gasteiger partial charge < -0.3 is 14.4 Å². The van der Waals surface area contributed by atoms with Gasteiger partial charge in [0.2, 0.25) is 17.6 Å². The van der Waals surface area contributed by atoms with E-state index in [1.165, 1.54) is 16.2 Å². The second kappa shape index (κ2) is 6.32. The number of carbonyl (C=O) groups is 2. The van der Waals surface area contributed by atoms with Gasteiger partial charge in [0.05, 0.1) is 18.5 Å². The number of nitrogens with zero attached hydrogens (tertiary/aromatic N) is 5. The van der Waals surface area contributed by atoms with Gasteiger partial charge in [0.25, 0.3) is 0 Å². The highest BCUT2D eigenvalue weighted by Gasteiger charge is 2.46. The number of likely N-dealkylation sites (tertiary alicyclic amines) is 1. The number of alkyl halides is 3. The predicted molar refractivity (Wildman–Crippen MR) is 88.4 cm³/mol. The highest BCUT2D eigenvalue weighted by molar-refractivity contribution is 7.10. The molecule has 0 aromatic carbocycles. The number of halogens is 3. The van der Waals surface area contributed by atoms with Crippen LogP contribution >= 0.6 is 11.3 Å². The summed E-state index contributed by atoms with van der Waals surface area (Å²) in [5, 5.41) is 8.72. The molecule has 0 saturated carbocycles. The average Bonchev–Trinajstić information content (AvgIpc) is 3.33. The molecular formula is C16H16F3N5O2S. The SMILES string of the molecule is CN1C(=O)CC(C(=O)N2CCn3c(nnc3C(F)(F)F)C2)C1c1cccs1. The Morgan fingerprint density at radius 1 is 1.30 bits per heavy atom. The van der Waals surface area contributed by atoms with E-state index < -0.39 is 17.9 Å². The minimum absolute atomic E-state index is 0.0247. The summed E-state index contributed by atoms with van der Waals surface area (Å²) < 4.78 is 39.9. The fourth-order valence-electron chi connectivity index (χ4n) is 3.73. The van der Waals surface area contributed by atoms with Crippen molar-refractivity contribution < 1.29 is 22.8 Å². The first-order chi connectivity index (χ1) is 12.8. The monoisotopic (exact) mass is 399 g/mol. The highest BCUT2D eigenvalue weighted by atomic mass is 32.1. The number of fused-ring (bicyclic) bond motifs is 1. The van der Waals surface area contributed by atoms with Crippen molar-refractivity contribution in [1.82, 2.24) is 24.6 Å². The lowest BCUT2D eigenvalue weighted by Crippen LogP contribution is -2.43. The number of thiophene rings is 1. The third kappa shape index (κ3) is 2.99. The Bertz CT molecular complexity index is 879. The van der Waals surface area contributed by atoms with Gasteiger partial charge >= 0.3 is 6.18 Å². The molecule has 1 saturated heterocycles. The molecule has 27 heavy (non-hydrogen) atoms. The minimum Gasteiger partial charge on any atom is -0.337 e. The molecule has 0 aliphatic carbocycles. The Morgan fingerprint density at radius 3 is 2.74 bits per heavy atom. The van der Waals surface area contributed by atoms with Crippen LogP contribution in [0, 0.1) is 5.92 Å². The number of carbonyl (C=O) groups excluding carboxylic acids is 2. The molecule has 0 radical (unpaired) electrons. The fourth-order valence-corrected chi connectivity index (χ4v) is 4.66. The first-order valence-electron chi connectivity index (χ1n) is 8.34. The minimum atomic E-state index is -4.58. The Balaban J connectivity index is 1.57. The van der Waals surface area contributed by atoms with Crippen molar-refractivity contribution in [2.24, 2.45) is 5.92 Å². The van der Waals surface area contributed by atoms with Crippen LogP contribution in [0.3, 0.4) is 0 Å². The zero-order valence-corrected chi connectivity index (χ0v) is 15.1. The Hall–Kier alpha value is -2.43. The molecule has 144 valence electrons. The summed E-state index contributed by atoms with van der Waals surface area (Å²) in [4.78, 5) is 29.2. The molecule has 2 unspecified atom stereocenters. The first-order valence-corrected chi connectivity index (χ1v) is 9.22. The van der Waals surface area contributed by atoms with Crippen LogP contribution in [0.5, 0.6) is 0 Å². The molecule has 0 spiro atoms. The number of aromatic nitrogens is 3. The van der Waals surface area contributed by atoms with E-state index in [-0.39, 0.29) is 49.7 Å². The predicted octanol–water partition coefficient (Wildman–Crippen LogP) is 1.92. The molecule has 2 atom stereocenters. The molecule has 0 N–H and O–H groups in total. The normalized spacial score (nSPS) is 23.0. The van der Waals surface area contributed by atoms with Crippen molar-refractivity contribution in [3.05, 3.63) is 34.0 Å². The number of hydrogen-bond acceptors (Lipinski definition) is 5. The molecule has 1 fully saturated rings. The van der Waals surface area contributed by atoms with Crippen molar-refractivity contribution >= 4 is 23.2 Å². The molecule has 2 aromatic heterocycles. The molecule has 2 amide bonds. The van der Waals surface area contributed by atoms with Crippen LogP contribution in [0.2, 0.25) is 0 Å². The maximum Gasteiger partial charge on any atom is 0.451 e. The van der Waals surface area contributed by atoms with E-state index >= 15 is 0 Å². The van der Waals surface area contributed by atoms with E-state index in [0.717, 1.165) is 9.44 Å². The number of hydrogen-bond donors (Lipinski definition) is 0. The maximum atomic E-state index is 13.1. The summed E-state index contributed by atoms with van der Waals surface area (Å²) in [5.74, 6) is -1.86. The van der Waals surface area contributed by atoms with Crippen LogP contribution in [-0.4, -0.2) is 50.0 Å². The van der Waals surface area contributed by atoms with Crippen LogP contribution in [0.25, 0.3) is 0 Å². The van der Waals surface area contributed by atoms with Crippen molar-refractivity contribution in [3.8, 4) is 0 Å². The highest BCUT2D eigenvalue weighted by Crippen LogP contribution is 2.40. The quantitative estimate of drug-likeness (QED) is 0.774. The van der Waals surface area contributed by atoms with Gasteiger partial charge in [-0.05, 0) is 11.4 Å². The zero-order valence-electron chi connectivity index (χ0n) is 14.3. The third-order valence-electron chi connectivity index (χ3n) is 5.06. The molecule has 2 aromatic rings. The van der Waals surface area contributed by atoms with Crippen LogP contribution in [0.15, 0.2) is 17.5 Å². The molecule has 0 bridgehead atoms. The fraction of sp³-hybridized carbons (Fsp3) is 0.500. The van der Waals surface area contributed by atoms with E-state index in [1.807, 2.05) is 17.5 Å². The molecular weight excluding hydrogens is 383 g/mol. The maximum absolute atomic E-state index is 13.1. The summed E-state index contributed by atoms with van der Waals surface area (Å²) in [6, 6.07) is 3.39. The second-order valence-corrected chi connectivity index (χ2v) is 7.60. The van der Waals surface area contributed by atoms with Gasteiger partial charge in [0, 0.05) is 31.4 Å². The lowest BCUT2D eigenvalue weighted by Gasteiger charge is -2.32. The average molecular weight is 399 g/mol. The van der Waals surface area contributed by atoms with Crippen molar-refractivity contribution in [1.29, 1.82) is 0 Å². The molecule has 11 heteroatoms. The van der Waals surface area contributed by atoms with Gasteiger partial charge in [0.15, 0.2) is 5.82 Å². The molecule has 2 aliphatic heterocycles. The van der Waals surface area contributed by atoms with Gasteiger partial charge in [-0.15, -0.1) is 21.5 Å². The zero-order chi connectivity index (χ0) is 19.3. The lowest BCUT2D eigenvalue weighted by molar-refractivity contribution is -0.148. The summed E-state index contributed by atoms with van der Waals surface area (Å²) >= 11 is 1.47. The Kier molecular flexibility index (Phi) is 4.21. The van der Waals surface area contributed by atoms with Crippen molar-refractivity contribution in [2.45, 2.75) is 31.7 Å². The van der Waals surface area contributed by atoms with Gasteiger partial charge in [-0.3, -0.25) is 9.59 Å². The van der Waals surface area contributed by atoms with Crippen molar-refractivity contribution in [2.75, 3.05) is 13.6 Å². The van der Waals surface area contributed by atoms with E-state index in [4.69, 9.17) is 0 Å². The van der Waals surface area contributed by atoms with Crippen molar-refractivity contribution in [3.63, 3.8) is 0 Å². The first kappa shape index (κ1) is 18.0. The van der Waals surface area contributed by atoms with Crippen LogP contribution in [0.4, 0.5) is 13.2 Å². The van der Waals surface area contributed by atoms with Crippen LogP contribution in [-0.2, 0) is 28.9 Å². The smallest absolute Gasteiger partial charge is 0.337 e. The van der Waals surface area contributed by atoms with Crippen LogP contribution < -0.4 is 0 Å². The Labute approximate surface area is 156 Å². The van der Waals surface area contributed by atoms with Gasteiger partial charge in [-0.25, -0.2) is 0 Å². The van der Waals surface area contributed by atoms with E-state index in [9.17, 15) is 22.8 Å². The summed E-state index contributed by atoms with van der Waals surface area (Å²) in [6.45, 7) is 0.0507. The lowest BCUT2D eigenvalue weighted by atomic mass is 9.97. The molecule has 2 aliphatic rings. The summed E-state index contributed by atoms with van der Waals surface area (Å²) in [5.41, 5.74) is 0. The topological polar surface area (TPSA) is 71.3 Å². The number of amides is 2. The summed E-state index contributed by atoms with van der Waals surface area (Å²) in [7, 11) is 1.67. The molecule has 7 nitrogen and oxygen atoms in total. The van der Waals surface area contributed by atoms with Gasteiger partial charge in [0.1, 0.15) is 0 Å². The van der Waals surface area contributed by atoms with Gasteiger partial charge in [-0.2, -0.15) is 13.2 Å². The van der Waals surface area contributed by atoms with E-state index in [2.05, 4.69) is 10.2 Å². The summed E-state index contributed by atoms with van der Waals surface area (Å²) in [6.07, 6.45) is -4.49. The third-order valence-corrected chi connectivity index (χ3v) is 6.00. The molecule has 4 heterocycles.